The average molecular weight is 679 g/mol. The quantitative estimate of drug-likeness (QED) is 0.118. The van der Waals surface area contributed by atoms with Gasteiger partial charge in [-0.3, -0.25) is 19.2 Å². The Bertz CT molecular complexity index is 1460. The van der Waals surface area contributed by atoms with Crippen LogP contribution in [-0.2, 0) is 51.2 Å². The second-order valence-corrected chi connectivity index (χ2v) is 12.5. The molecule has 13 heteroatoms. The van der Waals surface area contributed by atoms with Crippen molar-refractivity contribution in [1.82, 2.24) is 21.3 Å². The summed E-state index contributed by atoms with van der Waals surface area (Å²) in [7, 11) is 0. The largest absolute Gasteiger partial charge is 0.463 e. The molecule has 0 unspecified atom stereocenters. The molecule has 13 nitrogen and oxygen atoms in total. The minimum Gasteiger partial charge on any atom is -0.463 e. The molecule has 1 saturated heterocycles. The van der Waals surface area contributed by atoms with Crippen molar-refractivity contribution in [2.45, 2.75) is 83.7 Å². The molecule has 1 aliphatic heterocycles. The maximum atomic E-state index is 13.9. The number of alkyl carbamates (subject to hydrolysis) is 1. The Morgan fingerprint density at radius 3 is 2.10 bits per heavy atom. The van der Waals surface area contributed by atoms with Crippen LogP contribution < -0.4 is 21.3 Å². The van der Waals surface area contributed by atoms with Gasteiger partial charge >= 0.3 is 18.0 Å². The zero-order chi connectivity index (χ0) is 35.8. The summed E-state index contributed by atoms with van der Waals surface area (Å²) in [5.74, 6) is -3.36. The van der Waals surface area contributed by atoms with Crippen LogP contribution in [0.25, 0.3) is 0 Å². The fraction of sp³-hybridized carbons (Fsp3) is 0.444. The van der Waals surface area contributed by atoms with Gasteiger partial charge in [-0.15, -0.1) is 0 Å². The van der Waals surface area contributed by atoms with Crippen molar-refractivity contribution in [2.75, 3.05) is 13.2 Å². The maximum absolute atomic E-state index is 13.9. The third kappa shape index (κ3) is 14.2. The van der Waals surface area contributed by atoms with Gasteiger partial charge in [-0.25, -0.2) is 9.59 Å². The van der Waals surface area contributed by atoms with Crippen LogP contribution >= 0.6 is 0 Å². The van der Waals surface area contributed by atoms with Crippen LogP contribution in [0.5, 0.6) is 0 Å². The smallest absolute Gasteiger partial charge is 0.408 e. The zero-order valence-corrected chi connectivity index (χ0v) is 28.4. The minimum absolute atomic E-state index is 0.0499. The number of hydrogen-bond acceptors (Lipinski definition) is 9. The fourth-order valence-electron chi connectivity index (χ4n) is 5.03. The van der Waals surface area contributed by atoms with Crippen LogP contribution in [-0.4, -0.2) is 72.6 Å². The Kier molecular flexibility index (Phi) is 14.8. The molecule has 4 amide bonds. The summed E-state index contributed by atoms with van der Waals surface area (Å²) in [5.41, 5.74) is 0.576. The molecule has 4 atom stereocenters. The Morgan fingerprint density at radius 2 is 1.51 bits per heavy atom. The molecule has 1 fully saturated rings. The number of esters is 2. The van der Waals surface area contributed by atoms with E-state index in [2.05, 4.69) is 21.3 Å². The van der Waals surface area contributed by atoms with Crippen molar-refractivity contribution in [3.05, 3.63) is 83.9 Å². The molecule has 1 heterocycles. The zero-order valence-electron chi connectivity index (χ0n) is 28.4. The predicted octanol–water partition coefficient (Wildman–Crippen LogP) is 2.87. The normalized spacial score (nSPS) is 16.1. The molecule has 0 aromatic heterocycles. The predicted molar refractivity (Wildman–Crippen MR) is 180 cm³/mol. The van der Waals surface area contributed by atoms with Gasteiger partial charge in [0.15, 0.2) is 0 Å². The Labute approximate surface area is 286 Å². The van der Waals surface area contributed by atoms with Crippen LogP contribution in [0.2, 0.25) is 0 Å². The lowest BCUT2D eigenvalue weighted by Gasteiger charge is -2.26. The SMILES string of the molecule is CCOC(=O)C=C[C@H](C[C@@H]1CCNC1=O)NC(=O)[C@H](Cc1ccccc1)NC(=O)[C@H](CC(=O)OC(C)(C)C)NC(=O)OCc1ccccc1. The molecule has 264 valence electrons. The highest BCUT2D eigenvalue weighted by atomic mass is 16.6. The second kappa shape index (κ2) is 19.0. The van der Waals surface area contributed by atoms with Crippen molar-refractivity contribution >= 4 is 35.8 Å². The van der Waals surface area contributed by atoms with Crippen molar-refractivity contribution in [2.24, 2.45) is 5.92 Å². The summed E-state index contributed by atoms with van der Waals surface area (Å²) in [6, 6.07) is 14.5. The molecule has 49 heavy (non-hydrogen) atoms. The highest BCUT2D eigenvalue weighted by Gasteiger charge is 2.33. The van der Waals surface area contributed by atoms with Crippen molar-refractivity contribution < 1.29 is 43.0 Å². The molecule has 2 aromatic rings. The van der Waals surface area contributed by atoms with Gasteiger partial charge in [0.05, 0.1) is 13.0 Å². The van der Waals surface area contributed by atoms with Gasteiger partial charge in [0.1, 0.15) is 24.3 Å². The summed E-state index contributed by atoms with van der Waals surface area (Å²) in [6.07, 6.45) is 1.97. The molecule has 4 N–H and O–H groups in total. The van der Waals surface area contributed by atoms with E-state index in [1.807, 2.05) is 12.1 Å². The minimum atomic E-state index is -1.45. The van der Waals surface area contributed by atoms with Gasteiger partial charge in [-0.2, -0.15) is 0 Å². The van der Waals surface area contributed by atoms with Gasteiger partial charge in [0, 0.05) is 31.0 Å². The molecule has 0 radical (unpaired) electrons. The maximum Gasteiger partial charge on any atom is 0.408 e. The molecule has 0 saturated carbocycles. The second-order valence-electron chi connectivity index (χ2n) is 12.5. The molecule has 0 bridgehead atoms. The number of nitrogens with one attached hydrogen (secondary N) is 4. The highest BCUT2D eigenvalue weighted by Crippen LogP contribution is 2.18. The van der Waals surface area contributed by atoms with E-state index in [0.717, 1.165) is 5.56 Å². The number of carbonyl (C=O) groups excluding carboxylic acids is 6. The third-order valence-electron chi connectivity index (χ3n) is 7.31. The molecule has 0 spiro atoms. The average Bonchev–Trinajstić information content (AvgIpc) is 3.45. The Morgan fingerprint density at radius 1 is 0.878 bits per heavy atom. The molecule has 0 aliphatic carbocycles. The summed E-state index contributed by atoms with van der Waals surface area (Å²) in [4.78, 5) is 77.6. The first kappa shape index (κ1) is 38.2. The van der Waals surface area contributed by atoms with E-state index in [9.17, 15) is 28.8 Å². The van der Waals surface area contributed by atoms with Crippen molar-refractivity contribution in [1.29, 1.82) is 0 Å². The number of carbonyl (C=O) groups is 6. The number of benzene rings is 2. The molecule has 2 aromatic carbocycles. The van der Waals surface area contributed by atoms with Gasteiger partial charge in [0.25, 0.3) is 0 Å². The number of amides is 4. The Balaban J connectivity index is 1.83. The van der Waals surface area contributed by atoms with E-state index >= 15 is 0 Å². The summed E-state index contributed by atoms with van der Waals surface area (Å²) >= 11 is 0. The van der Waals surface area contributed by atoms with Crippen LogP contribution in [0.3, 0.4) is 0 Å². The summed E-state index contributed by atoms with van der Waals surface area (Å²) in [5, 5.41) is 10.7. The lowest BCUT2D eigenvalue weighted by Crippen LogP contribution is -2.56. The van der Waals surface area contributed by atoms with Gasteiger partial charge in [-0.1, -0.05) is 66.7 Å². The lowest BCUT2D eigenvalue weighted by atomic mass is 9.97. The topological polar surface area (TPSA) is 178 Å². The fourth-order valence-corrected chi connectivity index (χ4v) is 5.03. The summed E-state index contributed by atoms with van der Waals surface area (Å²) in [6.45, 7) is 7.26. The van der Waals surface area contributed by atoms with E-state index in [-0.39, 0.29) is 32.0 Å². The van der Waals surface area contributed by atoms with Crippen LogP contribution in [0.1, 0.15) is 58.1 Å². The summed E-state index contributed by atoms with van der Waals surface area (Å²) < 4.78 is 15.7. The number of hydrogen-bond donors (Lipinski definition) is 4. The standard InChI is InChI=1S/C36H46N4O9/c1-5-47-30(41)17-16-27(21-26-18-19-37-32(26)43)38-33(44)28(20-24-12-8-6-9-13-24)39-34(45)29(22-31(42)49-36(2,3)4)40-35(46)48-23-25-14-10-7-11-15-25/h6-17,26-29H,5,18-23H2,1-4H3,(H,37,43)(H,38,44)(H,39,45)(H,40,46)/t26-,27+,28-,29-/m0/s1. The molecule has 3 rings (SSSR count). The number of ether oxygens (including phenoxy) is 3. The van der Waals surface area contributed by atoms with E-state index in [0.29, 0.717) is 18.5 Å². The van der Waals surface area contributed by atoms with Crippen molar-refractivity contribution in [3.8, 4) is 0 Å². The van der Waals surface area contributed by atoms with Crippen LogP contribution in [0.4, 0.5) is 4.79 Å². The van der Waals surface area contributed by atoms with E-state index in [4.69, 9.17) is 14.2 Å². The number of rotatable bonds is 16. The monoisotopic (exact) mass is 678 g/mol. The molecule has 1 aliphatic rings. The van der Waals surface area contributed by atoms with E-state index < -0.39 is 65.9 Å². The van der Waals surface area contributed by atoms with Gasteiger partial charge in [-0.05, 0) is 51.7 Å². The first-order chi connectivity index (χ1) is 23.3. The first-order valence-corrected chi connectivity index (χ1v) is 16.3. The molecular weight excluding hydrogens is 632 g/mol. The van der Waals surface area contributed by atoms with Crippen molar-refractivity contribution in [3.63, 3.8) is 0 Å². The third-order valence-corrected chi connectivity index (χ3v) is 7.31. The van der Waals surface area contributed by atoms with Crippen LogP contribution in [0, 0.1) is 5.92 Å². The van der Waals surface area contributed by atoms with E-state index in [1.54, 1.807) is 76.2 Å². The van der Waals surface area contributed by atoms with Gasteiger partial charge < -0.3 is 35.5 Å². The lowest BCUT2D eigenvalue weighted by molar-refractivity contribution is -0.156. The van der Waals surface area contributed by atoms with Gasteiger partial charge in [0.2, 0.25) is 17.7 Å². The first-order valence-electron chi connectivity index (χ1n) is 16.3. The van der Waals surface area contributed by atoms with Crippen LogP contribution in [0.15, 0.2) is 72.8 Å². The highest BCUT2D eigenvalue weighted by molar-refractivity contribution is 5.94. The Hall–Kier alpha value is -5.20. The molecular formula is C36H46N4O9. The van der Waals surface area contributed by atoms with E-state index in [1.165, 1.54) is 12.2 Å².